The summed E-state index contributed by atoms with van der Waals surface area (Å²) in [4.78, 5) is 38.5. The molecule has 1 fully saturated rings. The Morgan fingerprint density at radius 1 is 1.28 bits per heavy atom. The van der Waals surface area contributed by atoms with Crippen molar-refractivity contribution in [3.63, 3.8) is 0 Å². The second kappa shape index (κ2) is 8.32. The van der Waals surface area contributed by atoms with Crippen LogP contribution in [0.4, 0.5) is 0 Å². The van der Waals surface area contributed by atoms with Crippen LogP contribution in [0.3, 0.4) is 0 Å². The van der Waals surface area contributed by atoms with Gasteiger partial charge in [0.2, 0.25) is 0 Å². The average molecular weight is 421 g/mol. The maximum Gasteiger partial charge on any atom is 0.359 e. The van der Waals surface area contributed by atoms with Gasteiger partial charge in [-0.2, -0.15) is 5.10 Å². The second-order valence-corrected chi connectivity index (χ2v) is 9.75. The number of aromatic amines is 1. The summed E-state index contributed by atoms with van der Waals surface area (Å²) in [6.45, 7) is 3.69. The third kappa shape index (κ3) is 4.81. The SMILES string of the molecule is CC(C)CN(C(=O)COC(=O)c1n[nH]c(=O)c2ccccc12)[C@H]1CCS(=O)(=O)C1. The quantitative estimate of drug-likeness (QED) is 0.682. The number of benzene rings is 1. The molecule has 9 nitrogen and oxygen atoms in total. The van der Waals surface area contributed by atoms with Gasteiger partial charge in [-0.15, -0.1) is 0 Å². The number of nitrogens with one attached hydrogen (secondary N) is 1. The van der Waals surface area contributed by atoms with Crippen LogP contribution < -0.4 is 5.56 Å². The van der Waals surface area contributed by atoms with Crippen LogP contribution in [-0.4, -0.2) is 66.1 Å². The van der Waals surface area contributed by atoms with E-state index in [2.05, 4.69) is 10.2 Å². The van der Waals surface area contributed by atoms with Crippen molar-refractivity contribution in [2.75, 3.05) is 24.7 Å². The molecule has 1 atom stereocenters. The number of aromatic nitrogens is 2. The van der Waals surface area contributed by atoms with E-state index < -0.39 is 39.9 Å². The Bertz CT molecular complexity index is 1090. The van der Waals surface area contributed by atoms with Gasteiger partial charge in [0.05, 0.1) is 16.9 Å². The molecular weight excluding hydrogens is 398 g/mol. The first-order chi connectivity index (χ1) is 13.7. The number of ether oxygens (including phenoxy) is 1. The van der Waals surface area contributed by atoms with E-state index in [0.717, 1.165) is 0 Å². The monoisotopic (exact) mass is 421 g/mol. The standard InChI is InChI=1S/C19H23N3O6S/c1-12(2)9-22(13-7-8-29(26,27)11-13)16(23)10-28-19(25)17-14-5-3-4-6-15(14)18(24)21-20-17/h3-6,12-13H,7-11H2,1-2H3,(H,21,24)/t13-/m0/s1. The lowest BCUT2D eigenvalue weighted by atomic mass is 10.1. The fraction of sp³-hybridized carbons (Fsp3) is 0.474. The lowest BCUT2D eigenvalue weighted by Crippen LogP contribution is -2.45. The molecule has 2 aromatic rings. The summed E-state index contributed by atoms with van der Waals surface area (Å²) in [6, 6.07) is 6.04. The van der Waals surface area contributed by atoms with Crippen LogP contribution in [0, 0.1) is 5.92 Å². The van der Waals surface area contributed by atoms with E-state index in [1.54, 1.807) is 24.3 Å². The molecule has 29 heavy (non-hydrogen) atoms. The van der Waals surface area contributed by atoms with Crippen LogP contribution in [0.1, 0.15) is 30.8 Å². The zero-order valence-electron chi connectivity index (χ0n) is 16.3. The Morgan fingerprint density at radius 3 is 2.59 bits per heavy atom. The van der Waals surface area contributed by atoms with Crippen LogP contribution in [0.5, 0.6) is 0 Å². The number of amides is 1. The molecule has 1 amide bonds. The molecular formula is C19H23N3O6S. The van der Waals surface area contributed by atoms with Crippen molar-refractivity contribution in [2.45, 2.75) is 26.3 Å². The molecule has 1 aromatic heterocycles. The van der Waals surface area contributed by atoms with Gasteiger partial charge < -0.3 is 9.64 Å². The van der Waals surface area contributed by atoms with Crippen LogP contribution in [0.15, 0.2) is 29.1 Å². The van der Waals surface area contributed by atoms with E-state index in [4.69, 9.17) is 4.74 Å². The molecule has 156 valence electrons. The predicted octanol–water partition coefficient (Wildman–Crippen LogP) is 0.752. The first-order valence-corrected chi connectivity index (χ1v) is 11.1. The largest absolute Gasteiger partial charge is 0.451 e. The summed E-state index contributed by atoms with van der Waals surface area (Å²) >= 11 is 0. The minimum atomic E-state index is -3.16. The van der Waals surface area contributed by atoms with Crippen LogP contribution in [-0.2, 0) is 19.4 Å². The molecule has 1 aliphatic rings. The first-order valence-electron chi connectivity index (χ1n) is 9.32. The minimum Gasteiger partial charge on any atom is -0.451 e. The van der Waals surface area contributed by atoms with Gasteiger partial charge in [-0.05, 0) is 18.4 Å². The number of nitrogens with zero attached hydrogens (tertiary/aromatic N) is 2. The number of esters is 1. The van der Waals surface area contributed by atoms with Crippen molar-refractivity contribution in [2.24, 2.45) is 5.92 Å². The van der Waals surface area contributed by atoms with E-state index in [9.17, 15) is 22.8 Å². The minimum absolute atomic E-state index is 0.0482. The molecule has 2 heterocycles. The fourth-order valence-electron chi connectivity index (χ4n) is 3.42. The molecule has 0 aliphatic carbocycles. The molecule has 1 saturated heterocycles. The smallest absolute Gasteiger partial charge is 0.359 e. The van der Waals surface area contributed by atoms with Gasteiger partial charge in [0.1, 0.15) is 0 Å². The molecule has 0 saturated carbocycles. The van der Waals surface area contributed by atoms with Gasteiger partial charge in [0.25, 0.3) is 11.5 Å². The molecule has 0 bridgehead atoms. The summed E-state index contributed by atoms with van der Waals surface area (Å²) < 4.78 is 28.7. The topological polar surface area (TPSA) is 126 Å². The Kier molecular flexibility index (Phi) is 6.02. The summed E-state index contributed by atoms with van der Waals surface area (Å²) in [5, 5.41) is 6.62. The summed E-state index contributed by atoms with van der Waals surface area (Å²) in [5.41, 5.74) is -0.523. The lowest BCUT2D eigenvalue weighted by molar-refractivity contribution is -0.137. The van der Waals surface area contributed by atoms with Crippen LogP contribution in [0.25, 0.3) is 10.8 Å². The highest BCUT2D eigenvalue weighted by Crippen LogP contribution is 2.20. The fourth-order valence-corrected chi connectivity index (χ4v) is 5.15. The third-order valence-electron chi connectivity index (χ3n) is 4.75. The van der Waals surface area contributed by atoms with E-state index in [-0.39, 0.29) is 23.1 Å². The van der Waals surface area contributed by atoms with Crippen molar-refractivity contribution >= 4 is 32.5 Å². The van der Waals surface area contributed by atoms with Crippen molar-refractivity contribution in [1.29, 1.82) is 0 Å². The number of sulfone groups is 1. The molecule has 0 spiro atoms. The summed E-state index contributed by atoms with van der Waals surface area (Å²) in [5.74, 6) is -1.20. The highest BCUT2D eigenvalue weighted by Gasteiger charge is 2.35. The molecule has 3 rings (SSSR count). The maximum atomic E-state index is 12.7. The number of rotatable bonds is 6. The van der Waals surface area contributed by atoms with Gasteiger partial charge in [-0.1, -0.05) is 32.0 Å². The molecule has 0 unspecified atom stereocenters. The molecule has 0 radical (unpaired) electrons. The zero-order valence-corrected chi connectivity index (χ0v) is 17.1. The second-order valence-electron chi connectivity index (χ2n) is 7.52. The maximum absolute atomic E-state index is 12.7. The Hall–Kier alpha value is -2.75. The number of carbonyl (C=O) groups excluding carboxylic acids is 2. The van der Waals surface area contributed by atoms with Gasteiger partial charge in [-0.25, -0.2) is 18.3 Å². The van der Waals surface area contributed by atoms with Crippen molar-refractivity contribution in [3.05, 3.63) is 40.3 Å². The summed E-state index contributed by atoms with van der Waals surface area (Å²) in [7, 11) is -3.16. The zero-order chi connectivity index (χ0) is 21.2. The van der Waals surface area contributed by atoms with Gasteiger partial charge in [0.15, 0.2) is 22.1 Å². The molecule has 1 N–H and O–H groups in total. The highest BCUT2D eigenvalue weighted by atomic mass is 32.2. The first kappa shape index (κ1) is 21.0. The van der Waals surface area contributed by atoms with Crippen molar-refractivity contribution < 1.29 is 22.7 Å². The van der Waals surface area contributed by atoms with Crippen molar-refractivity contribution in [3.8, 4) is 0 Å². The van der Waals surface area contributed by atoms with E-state index in [0.29, 0.717) is 23.7 Å². The number of hydrogen-bond acceptors (Lipinski definition) is 7. The normalized spacial score (nSPS) is 18.1. The highest BCUT2D eigenvalue weighted by molar-refractivity contribution is 7.91. The third-order valence-corrected chi connectivity index (χ3v) is 6.50. The van der Waals surface area contributed by atoms with Gasteiger partial charge >= 0.3 is 5.97 Å². The predicted molar refractivity (Wildman–Crippen MR) is 106 cm³/mol. The van der Waals surface area contributed by atoms with Crippen LogP contribution in [0.2, 0.25) is 0 Å². The van der Waals surface area contributed by atoms with Gasteiger partial charge in [0, 0.05) is 18.0 Å². The molecule has 10 heteroatoms. The average Bonchev–Trinajstić information content (AvgIpc) is 3.04. The Balaban J connectivity index is 1.74. The summed E-state index contributed by atoms with van der Waals surface area (Å²) in [6.07, 6.45) is 0.376. The number of H-pyrrole nitrogens is 1. The number of fused-ring (bicyclic) bond motifs is 1. The van der Waals surface area contributed by atoms with Crippen LogP contribution >= 0.6 is 0 Å². The number of carbonyl (C=O) groups is 2. The molecule has 1 aromatic carbocycles. The van der Waals surface area contributed by atoms with E-state index >= 15 is 0 Å². The Morgan fingerprint density at radius 2 is 1.97 bits per heavy atom. The lowest BCUT2D eigenvalue weighted by Gasteiger charge is -2.29. The van der Waals surface area contributed by atoms with Crippen molar-refractivity contribution in [1.82, 2.24) is 15.1 Å². The van der Waals surface area contributed by atoms with E-state index in [1.165, 1.54) is 4.90 Å². The van der Waals surface area contributed by atoms with E-state index in [1.807, 2.05) is 13.8 Å². The molecule has 1 aliphatic heterocycles. The Labute approximate surface area is 168 Å². The number of hydrogen-bond donors (Lipinski definition) is 1. The van der Waals surface area contributed by atoms with Gasteiger partial charge in [-0.3, -0.25) is 9.59 Å².